The predicted octanol–water partition coefficient (Wildman–Crippen LogP) is 3.16. The summed E-state index contributed by atoms with van der Waals surface area (Å²) >= 11 is 2.11. The molecule has 0 bridgehead atoms. The van der Waals surface area contributed by atoms with Crippen molar-refractivity contribution in [2.75, 3.05) is 31.7 Å². The second-order valence-corrected chi connectivity index (χ2v) is 7.99. The van der Waals surface area contributed by atoms with Crippen molar-refractivity contribution in [3.63, 3.8) is 0 Å². The van der Waals surface area contributed by atoms with Crippen LogP contribution in [0.1, 0.15) is 30.4 Å². The van der Waals surface area contributed by atoms with E-state index in [1.54, 1.807) is 0 Å². The molecule has 3 nitrogen and oxygen atoms in total. The smallest absolute Gasteiger partial charge is 0.309 e. The molecule has 0 radical (unpaired) electrons. The van der Waals surface area contributed by atoms with Crippen LogP contribution in [-0.2, 0) is 22.4 Å². The van der Waals surface area contributed by atoms with Crippen LogP contribution in [0.3, 0.4) is 0 Å². The number of hydrogen-bond acceptors (Lipinski definition) is 4. The van der Waals surface area contributed by atoms with Crippen molar-refractivity contribution in [1.82, 2.24) is 4.90 Å². The van der Waals surface area contributed by atoms with Crippen molar-refractivity contribution >= 4 is 17.7 Å². The molecule has 0 saturated carbocycles. The molecule has 2 saturated heterocycles. The summed E-state index contributed by atoms with van der Waals surface area (Å²) in [5.74, 6) is 3.30. The van der Waals surface area contributed by atoms with Gasteiger partial charge < -0.3 is 9.64 Å². The lowest BCUT2D eigenvalue weighted by atomic mass is 9.97. The topological polar surface area (TPSA) is 29.5 Å². The first-order chi connectivity index (χ1) is 11.2. The lowest BCUT2D eigenvalue weighted by Crippen LogP contribution is -2.36. The zero-order valence-corrected chi connectivity index (χ0v) is 14.8. The van der Waals surface area contributed by atoms with Gasteiger partial charge in [-0.1, -0.05) is 24.3 Å². The van der Waals surface area contributed by atoms with Gasteiger partial charge in [-0.15, -0.1) is 0 Å². The average Bonchev–Trinajstić information content (AvgIpc) is 3.06. The van der Waals surface area contributed by atoms with E-state index in [4.69, 9.17) is 4.74 Å². The number of ether oxygens (including phenoxy) is 1. The van der Waals surface area contributed by atoms with E-state index in [-0.39, 0.29) is 5.97 Å². The molecule has 3 rings (SSSR count). The van der Waals surface area contributed by atoms with E-state index in [0.29, 0.717) is 6.42 Å². The van der Waals surface area contributed by atoms with Gasteiger partial charge >= 0.3 is 5.97 Å². The second-order valence-electron chi connectivity index (χ2n) is 6.77. The largest absolute Gasteiger partial charge is 0.469 e. The van der Waals surface area contributed by atoms with E-state index in [0.717, 1.165) is 23.9 Å². The molecule has 0 aromatic heterocycles. The number of benzene rings is 1. The van der Waals surface area contributed by atoms with Crippen LogP contribution in [0.5, 0.6) is 0 Å². The summed E-state index contributed by atoms with van der Waals surface area (Å²) in [5.41, 5.74) is 2.43. The molecule has 2 aliphatic heterocycles. The van der Waals surface area contributed by atoms with E-state index in [1.807, 2.05) is 0 Å². The van der Waals surface area contributed by atoms with Gasteiger partial charge in [0, 0.05) is 12.6 Å². The molecule has 1 aromatic rings. The van der Waals surface area contributed by atoms with E-state index in [1.165, 1.54) is 56.5 Å². The first kappa shape index (κ1) is 16.8. The summed E-state index contributed by atoms with van der Waals surface area (Å²) in [6.07, 6.45) is 5.61. The Kier molecular flexibility index (Phi) is 6.01. The van der Waals surface area contributed by atoms with Gasteiger partial charge in [-0.3, -0.25) is 4.79 Å². The summed E-state index contributed by atoms with van der Waals surface area (Å²) in [6.45, 7) is 2.54. The molecule has 2 heterocycles. The molecule has 23 heavy (non-hydrogen) atoms. The Morgan fingerprint density at radius 1 is 1.17 bits per heavy atom. The molecule has 1 aromatic carbocycles. The quantitative estimate of drug-likeness (QED) is 0.774. The second kappa shape index (κ2) is 8.20. The zero-order valence-electron chi connectivity index (χ0n) is 14.0. The Morgan fingerprint density at radius 2 is 1.87 bits per heavy atom. The van der Waals surface area contributed by atoms with Crippen LogP contribution in [0.15, 0.2) is 24.3 Å². The van der Waals surface area contributed by atoms with Gasteiger partial charge in [-0.25, -0.2) is 0 Å². The number of rotatable bonds is 5. The number of esters is 1. The molecule has 0 N–H and O–H groups in total. The SMILES string of the molecule is COC(=O)Cc1ccc(CC2CCN(C3CCSCC3)C2)cc1. The van der Waals surface area contributed by atoms with Crippen molar-refractivity contribution in [3.8, 4) is 0 Å². The molecule has 0 amide bonds. The summed E-state index contributed by atoms with van der Waals surface area (Å²) in [7, 11) is 1.44. The lowest BCUT2D eigenvalue weighted by molar-refractivity contribution is -0.139. The molecule has 2 aliphatic rings. The van der Waals surface area contributed by atoms with Crippen LogP contribution in [0, 0.1) is 5.92 Å². The van der Waals surface area contributed by atoms with Gasteiger partial charge in [0.1, 0.15) is 0 Å². The minimum Gasteiger partial charge on any atom is -0.469 e. The number of methoxy groups -OCH3 is 1. The monoisotopic (exact) mass is 333 g/mol. The Labute approximate surface area is 143 Å². The fraction of sp³-hybridized carbons (Fsp3) is 0.632. The predicted molar refractivity (Wildman–Crippen MR) is 95.9 cm³/mol. The number of thioether (sulfide) groups is 1. The maximum absolute atomic E-state index is 11.3. The third kappa shape index (κ3) is 4.74. The van der Waals surface area contributed by atoms with E-state index in [9.17, 15) is 4.79 Å². The number of likely N-dealkylation sites (tertiary alicyclic amines) is 1. The van der Waals surface area contributed by atoms with E-state index in [2.05, 4.69) is 40.9 Å². The van der Waals surface area contributed by atoms with Crippen LogP contribution < -0.4 is 0 Å². The van der Waals surface area contributed by atoms with Gasteiger partial charge in [0.15, 0.2) is 0 Å². The molecule has 2 fully saturated rings. The van der Waals surface area contributed by atoms with Crippen molar-refractivity contribution in [2.45, 2.75) is 38.1 Å². The van der Waals surface area contributed by atoms with Crippen molar-refractivity contribution in [2.24, 2.45) is 5.92 Å². The molecule has 0 aliphatic carbocycles. The Balaban J connectivity index is 1.49. The Hall–Kier alpha value is -1.00. The Morgan fingerprint density at radius 3 is 2.57 bits per heavy atom. The third-order valence-electron chi connectivity index (χ3n) is 5.15. The minimum atomic E-state index is -0.171. The summed E-state index contributed by atoms with van der Waals surface area (Å²) in [6, 6.07) is 9.33. The molecular formula is C19H27NO2S. The van der Waals surface area contributed by atoms with Gasteiger partial charge in [-0.2, -0.15) is 11.8 Å². The van der Waals surface area contributed by atoms with Gasteiger partial charge in [0.05, 0.1) is 13.5 Å². The summed E-state index contributed by atoms with van der Waals surface area (Å²) in [4.78, 5) is 14.0. The van der Waals surface area contributed by atoms with Crippen molar-refractivity contribution < 1.29 is 9.53 Å². The normalized spacial score (nSPS) is 23.1. The average molecular weight is 333 g/mol. The molecule has 0 spiro atoms. The van der Waals surface area contributed by atoms with E-state index >= 15 is 0 Å². The highest BCUT2D eigenvalue weighted by molar-refractivity contribution is 7.99. The number of hydrogen-bond donors (Lipinski definition) is 0. The lowest BCUT2D eigenvalue weighted by Gasteiger charge is -2.30. The van der Waals surface area contributed by atoms with Crippen LogP contribution in [0.25, 0.3) is 0 Å². The fourth-order valence-corrected chi connectivity index (χ4v) is 4.86. The van der Waals surface area contributed by atoms with Gasteiger partial charge in [0.25, 0.3) is 0 Å². The Bertz CT molecular complexity index is 511. The fourth-order valence-electron chi connectivity index (χ4n) is 3.78. The molecule has 4 heteroatoms. The van der Waals surface area contributed by atoms with Crippen molar-refractivity contribution in [3.05, 3.63) is 35.4 Å². The molecular weight excluding hydrogens is 306 g/mol. The van der Waals surface area contributed by atoms with Crippen LogP contribution >= 0.6 is 11.8 Å². The summed E-state index contributed by atoms with van der Waals surface area (Å²) < 4.78 is 4.72. The van der Waals surface area contributed by atoms with Gasteiger partial charge in [-0.05, 0) is 60.8 Å². The highest BCUT2D eigenvalue weighted by Gasteiger charge is 2.29. The van der Waals surface area contributed by atoms with Gasteiger partial charge in [0.2, 0.25) is 0 Å². The highest BCUT2D eigenvalue weighted by atomic mass is 32.2. The number of carbonyl (C=O) groups is 1. The van der Waals surface area contributed by atoms with Crippen LogP contribution in [0.2, 0.25) is 0 Å². The van der Waals surface area contributed by atoms with Crippen LogP contribution in [-0.4, -0.2) is 48.6 Å². The minimum absolute atomic E-state index is 0.171. The standard InChI is InChI=1S/C19H27NO2S/c1-22-19(21)13-16-4-2-15(3-5-16)12-17-6-9-20(14-17)18-7-10-23-11-8-18/h2-5,17-18H,6-14H2,1H3. The maximum atomic E-state index is 11.3. The zero-order chi connectivity index (χ0) is 16.1. The maximum Gasteiger partial charge on any atom is 0.309 e. The molecule has 126 valence electrons. The van der Waals surface area contributed by atoms with Crippen LogP contribution in [0.4, 0.5) is 0 Å². The molecule has 1 unspecified atom stereocenters. The first-order valence-corrected chi connectivity index (χ1v) is 9.86. The number of nitrogens with zero attached hydrogens (tertiary/aromatic N) is 1. The summed E-state index contributed by atoms with van der Waals surface area (Å²) in [5, 5.41) is 0. The number of carbonyl (C=O) groups excluding carboxylic acids is 1. The highest BCUT2D eigenvalue weighted by Crippen LogP contribution is 2.28. The van der Waals surface area contributed by atoms with Crippen molar-refractivity contribution in [1.29, 1.82) is 0 Å². The first-order valence-electron chi connectivity index (χ1n) is 8.71. The molecule has 1 atom stereocenters. The van der Waals surface area contributed by atoms with E-state index < -0.39 is 0 Å². The third-order valence-corrected chi connectivity index (χ3v) is 6.20.